The van der Waals surface area contributed by atoms with Crippen molar-refractivity contribution in [1.29, 1.82) is 0 Å². The van der Waals surface area contributed by atoms with E-state index < -0.39 is 11.2 Å². The standard InChI is InChI=1S/C17H29N3O3/c1-4-7-9-10-11-18-13(6-3)14-15(21)19-17(23)20(16(14)22)12-8-5-2/h22H,4-12H2,1-3H3,(H,19,21,23). The second-order valence-electron chi connectivity index (χ2n) is 5.71. The Morgan fingerprint density at radius 3 is 2.39 bits per heavy atom. The van der Waals surface area contributed by atoms with Crippen molar-refractivity contribution >= 4 is 5.71 Å². The Kier molecular flexibility index (Phi) is 8.37. The third kappa shape index (κ3) is 5.37. The van der Waals surface area contributed by atoms with Gasteiger partial charge >= 0.3 is 5.69 Å². The van der Waals surface area contributed by atoms with E-state index >= 15 is 0 Å². The number of aromatic hydroxyl groups is 1. The quantitative estimate of drug-likeness (QED) is 0.512. The van der Waals surface area contributed by atoms with E-state index in [0.29, 0.717) is 25.2 Å². The van der Waals surface area contributed by atoms with Gasteiger partial charge in [0.25, 0.3) is 5.56 Å². The third-order valence-electron chi connectivity index (χ3n) is 3.85. The lowest BCUT2D eigenvalue weighted by Gasteiger charge is -2.12. The molecule has 1 aromatic rings. The Morgan fingerprint density at radius 2 is 1.78 bits per heavy atom. The molecule has 1 aromatic heterocycles. The van der Waals surface area contributed by atoms with Crippen LogP contribution in [0, 0.1) is 0 Å². The highest BCUT2D eigenvalue weighted by Crippen LogP contribution is 2.14. The van der Waals surface area contributed by atoms with E-state index in [4.69, 9.17) is 0 Å². The molecule has 2 N–H and O–H groups in total. The summed E-state index contributed by atoms with van der Waals surface area (Å²) >= 11 is 0. The first-order chi connectivity index (χ1) is 11.1. The molecule has 0 unspecified atom stereocenters. The molecular weight excluding hydrogens is 294 g/mol. The second kappa shape index (κ2) is 10.0. The number of unbranched alkanes of at least 4 members (excludes halogenated alkanes) is 4. The van der Waals surface area contributed by atoms with Crippen LogP contribution >= 0.6 is 0 Å². The molecule has 0 atom stereocenters. The molecule has 0 aliphatic rings. The first kappa shape index (κ1) is 19.2. The van der Waals surface area contributed by atoms with Crippen molar-refractivity contribution in [3.63, 3.8) is 0 Å². The summed E-state index contributed by atoms with van der Waals surface area (Å²) in [5, 5.41) is 10.4. The number of aromatic amines is 1. The summed E-state index contributed by atoms with van der Waals surface area (Å²) in [6.45, 7) is 7.07. The van der Waals surface area contributed by atoms with E-state index in [1.54, 1.807) is 0 Å². The predicted molar refractivity (Wildman–Crippen MR) is 93.7 cm³/mol. The molecule has 130 valence electrons. The number of rotatable bonds is 10. The number of nitrogens with zero attached hydrogens (tertiary/aromatic N) is 2. The lowest BCUT2D eigenvalue weighted by atomic mass is 10.1. The molecule has 0 amide bonds. The molecule has 6 heteroatoms. The third-order valence-corrected chi connectivity index (χ3v) is 3.85. The van der Waals surface area contributed by atoms with Gasteiger partial charge in [0.05, 0.1) is 5.71 Å². The summed E-state index contributed by atoms with van der Waals surface area (Å²) < 4.78 is 1.22. The predicted octanol–water partition coefficient (Wildman–Crippen LogP) is 2.82. The monoisotopic (exact) mass is 323 g/mol. The molecule has 0 radical (unpaired) electrons. The van der Waals surface area contributed by atoms with Gasteiger partial charge in [-0.3, -0.25) is 19.3 Å². The first-order valence-electron chi connectivity index (χ1n) is 8.66. The van der Waals surface area contributed by atoms with Gasteiger partial charge in [-0.15, -0.1) is 0 Å². The van der Waals surface area contributed by atoms with E-state index in [0.717, 1.165) is 32.1 Å². The zero-order valence-electron chi connectivity index (χ0n) is 14.5. The highest BCUT2D eigenvalue weighted by atomic mass is 16.3. The molecule has 0 spiro atoms. The Morgan fingerprint density at radius 1 is 1.09 bits per heavy atom. The van der Waals surface area contributed by atoms with E-state index in [2.05, 4.69) is 16.9 Å². The van der Waals surface area contributed by atoms with Gasteiger partial charge in [-0.2, -0.15) is 0 Å². The van der Waals surface area contributed by atoms with Crippen LogP contribution in [0.3, 0.4) is 0 Å². The fraction of sp³-hybridized carbons (Fsp3) is 0.706. The Balaban J connectivity index is 3.10. The van der Waals surface area contributed by atoms with Gasteiger partial charge in [0, 0.05) is 13.1 Å². The van der Waals surface area contributed by atoms with Crippen LogP contribution in [0.25, 0.3) is 0 Å². The Bertz CT molecular complexity index is 629. The largest absolute Gasteiger partial charge is 0.494 e. The van der Waals surface area contributed by atoms with Gasteiger partial charge in [-0.1, -0.05) is 46.5 Å². The lowest BCUT2D eigenvalue weighted by molar-refractivity contribution is 0.394. The molecule has 0 fully saturated rings. The maximum absolute atomic E-state index is 12.1. The first-order valence-corrected chi connectivity index (χ1v) is 8.66. The van der Waals surface area contributed by atoms with Crippen LogP contribution in [0.5, 0.6) is 5.88 Å². The minimum absolute atomic E-state index is 0.138. The van der Waals surface area contributed by atoms with Gasteiger partial charge < -0.3 is 5.11 Å². The molecule has 0 saturated heterocycles. The molecule has 1 heterocycles. The van der Waals surface area contributed by atoms with Crippen LogP contribution in [0.15, 0.2) is 14.6 Å². The van der Waals surface area contributed by atoms with Crippen molar-refractivity contribution in [3.8, 4) is 5.88 Å². The van der Waals surface area contributed by atoms with E-state index in [-0.39, 0.29) is 11.4 Å². The lowest BCUT2D eigenvalue weighted by Crippen LogP contribution is -2.34. The molecule has 0 aromatic carbocycles. The van der Waals surface area contributed by atoms with Crippen molar-refractivity contribution in [3.05, 3.63) is 26.4 Å². The number of hydrogen-bond acceptors (Lipinski definition) is 4. The van der Waals surface area contributed by atoms with Crippen LogP contribution in [-0.4, -0.2) is 26.9 Å². The number of aromatic nitrogens is 2. The number of aliphatic imine (C=N–C) groups is 1. The van der Waals surface area contributed by atoms with E-state index in [9.17, 15) is 14.7 Å². The maximum atomic E-state index is 12.1. The van der Waals surface area contributed by atoms with Gasteiger partial charge in [-0.05, 0) is 19.3 Å². The van der Waals surface area contributed by atoms with Crippen molar-refractivity contribution in [2.45, 2.75) is 72.3 Å². The van der Waals surface area contributed by atoms with Crippen LogP contribution in [-0.2, 0) is 6.54 Å². The van der Waals surface area contributed by atoms with Crippen LogP contribution in [0.4, 0.5) is 0 Å². The maximum Gasteiger partial charge on any atom is 0.331 e. The Labute approximate surface area is 137 Å². The minimum atomic E-state index is -0.567. The second-order valence-corrected chi connectivity index (χ2v) is 5.71. The summed E-state index contributed by atoms with van der Waals surface area (Å²) in [4.78, 5) is 30.8. The molecule has 0 bridgehead atoms. The molecule has 0 aliphatic heterocycles. The zero-order chi connectivity index (χ0) is 17.2. The number of nitrogens with one attached hydrogen (secondary N) is 1. The number of H-pyrrole nitrogens is 1. The summed E-state index contributed by atoms with van der Waals surface area (Å²) in [6.07, 6.45) is 6.59. The minimum Gasteiger partial charge on any atom is -0.494 e. The molecule has 0 aliphatic carbocycles. The van der Waals surface area contributed by atoms with Crippen LogP contribution in [0.1, 0.15) is 71.3 Å². The summed E-state index contributed by atoms with van der Waals surface area (Å²) in [6, 6.07) is 0. The van der Waals surface area contributed by atoms with Gasteiger partial charge in [0.1, 0.15) is 5.56 Å². The van der Waals surface area contributed by atoms with Crippen LogP contribution < -0.4 is 11.2 Å². The fourth-order valence-electron chi connectivity index (χ4n) is 2.46. The van der Waals surface area contributed by atoms with Gasteiger partial charge in [0.15, 0.2) is 0 Å². The highest BCUT2D eigenvalue weighted by molar-refractivity contribution is 6.01. The van der Waals surface area contributed by atoms with E-state index in [1.165, 1.54) is 11.0 Å². The van der Waals surface area contributed by atoms with E-state index in [1.807, 2.05) is 13.8 Å². The zero-order valence-corrected chi connectivity index (χ0v) is 14.5. The SMILES string of the molecule is CCCCCCN=C(CC)c1c(O)n(CCCC)c(=O)[nH]c1=O. The van der Waals surface area contributed by atoms with Crippen molar-refractivity contribution < 1.29 is 5.11 Å². The average Bonchev–Trinajstić information content (AvgIpc) is 2.52. The molecule has 0 saturated carbocycles. The van der Waals surface area contributed by atoms with Crippen molar-refractivity contribution in [2.75, 3.05) is 6.54 Å². The summed E-state index contributed by atoms with van der Waals surface area (Å²) in [5.41, 5.74) is -0.429. The smallest absolute Gasteiger partial charge is 0.331 e. The van der Waals surface area contributed by atoms with Crippen molar-refractivity contribution in [1.82, 2.24) is 9.55 Å². The molecule has 23 heavy (non-hydrogen) atoms. The number of hydrogen-bond donors (Lipinski definition) is 2. The van der Waals surface area contributed by atoms with Gasteiger partial charge in [0.2, 0.25) is 5.88 Å². The molecular formula is C17H29N3O3. The molecule has 6 nitrogen and oxygen atoms in total. The van der Waals surface area contributed by atoms with Gasteiger partial charge in [-0.25, -0.2) is 4.79 Å². The average molecular weight is 323 g/mol. The summed E-state index contributed by atoms with van der Waals surface area (Å²) in [5.74, 6) is -0.263. The highest BCUT2D eigenvalue weighted by Gasteiger charge is 2.17. The van der Waals surface area contributed by atoms with Crippen molar-refractivity contribution in [2.24, 2.45) is 4.99 Å². The fourth-order valence-corrected chi connectivity index (χ4v) is 2.46. The Hall–Kier alpha value is -1.85. The molecule has 1 rings (SSSR count). The van der Waals surface area contributed by atoms with Crippen LogP contribution in [0.2, 0.25) is 0 Å². The topological polar surface area (TPSA) is 87.4 Å². The normalized spacial score (nSPS) is 11.9. The summed E-state index contributed by atoms with van der Waals surface area (Å²) in [7, 11) is 0.